The highest BCUT2D eigenvalue weighted by atomic mass is 35.5. The maximum Gasteiger partial charge on any atom is 0.263 e. The van der Waals surface area contributed by atoms with Gasteiger partial charge in [-0.05, 0) is 65.9 Å². The van der Waals surface area contributed by atoms with Crippen molar-refractivity contribution in [3.8, 4) is 22.4 Å². The molecule has 0 fully saturated rings. The summed E-state index contributed by atoms with van der Waals surface area (Å²) in [5.41, 5.74) is 2.22. The molecule has 0 aliphatic carbocycles. The summed E-state index contributed by atoms with van der Waals surface area (Å²) >= 11 is 6.26. The second kappa shape index (κ2) is 8.75. The van der Waals surface area contributed by atoms with E-state index in [1.807, 2.05) is 0 Å². The normalized spacial score (nSPS) is 11.7. The molecule has 0 bridgehead atoms. The molecule has 3 aromatic carbocycles. The summed E-state index contributed by atoms with van der Waals surface area (Å²) in [5.74, 6) is -0.972. The van der Waals surface area contributed by atoms with Crippen molar-refractivity contribution in [2.75, 3.05) is 4.72 Å². The fourth-order valence-electron chi connectivity index (χ4n) is 3.85. The Morgan fingerprint density at radius 2 is 1.80 bits per heavy atom. The first-order chi connectivity index (χ1) is 16.7. The summed E-state index contributed by atoms with van der Waals surface area (Å²) in [4.78, 5) is 4.37. The van der Waals surface area contributed by atoms with Gasteiger partial charge < -0.3 is 4.52 Å². The van der Waals surface area contributed by atoms with Gasteiger partial charge in [0.15, 0.2) is 5.82 Å². The topological polar surface area (TPSA) is 85.1 Å². The molecule has 5 aromatic rings. The van der Waals surface area contributed by atoms with E-state index in [0.29, 0.717) is 33.2 Å². The van der Waals surface area contributed by atoms with Crippen LogP contribution in [0.4, 0.5) is 14.6 Å². The van der Waals surface area contributed by atoms with E-state index in [9.17, 15) is 12.8 Å². The number of nitrogens with one attached hydrogen (secondary N) is 1. The lowest BCUT2D eigenvalue weighted by atomic mass is 9.95. The Balaban J connectivity index is 1.61. The second-order valence-electron chi connectivity index (χ2n) is 7.82. The first-order valence-electron chi connectivity index (χ1n) is 10.3. The highest BCUT2D eigenvalue weighted by molar-refractivity contribution is 7.92. The Morgan fingerprint density at radius 1 is 0.971 bits per heavy atom. The van der Waals surface area contributed by atoms with Gasteiger partial charge in [-0.1, -0.05) is 35.0 Å². The number of rotatable bonds is 5. The summed E-state index contributed by atoms with van der Waals surface area (Å²) in [7, 11) is -3.95. The van der Waals surface area contributed by atoms with E-state index in [-0.39, 0.29) is 21.4 Å². The highest BCUT2D eigenvalue weighted by Gasteiger charge is 2.19. The number of benzene rings is 3. The standard InChI is InChI=1S/C25H16ClF2N3O3S/c1-14-9-21(15-3-2-4-17(27)10-15)22(28)13-20(14)25-19-6-5-18(11-16(19)12-23(26)29-25)35(32,33)31-24-7-8-34-30-24/h2-13H,1H3,(H,30,31). The van der Waals surface area contributed by atoms with E-state index in [4.69, 9.17) is 11.6 Å². The van der Waals surface area contributed by atoms with Gasteiger partial charge in [-0.3, -0.25) is 4.72 Å². The predicted octanol–water partition coefficient (Wildman–Crippen LogP) is 6.60. The number of pyridine rings is 1. The molecule has 0 amide bonds. The van der Waals surface area contributed by atoms with Crippen LogP contribution in [0.1, 0.15) is 5.56 Å². The van der Waals surface area contributed by atoms with Crippen LogP contribution in [-0.4, -0.2) is 18.6 Å². The zero-order valence-corrected chi connectivity index (χ0v) is 19.7. The quantitative estimate of drug-likeness (QED) is 0.269. The SMILES string of the molecule is Cc1cc(-c2cccc(F)c2)c(F)cc1-c1nc(Cl)cc2cc(S(=O)(=O)Nc3ccon3)ccc12. The molecule has 0 saturated heterocycles. The summed E-state index contributed by atoms with van der Waals surface area (Å²) in [6.45, 7) is 1.78. The number of hydrogen-bond acceptors (Lipinski definition) is 5. The Labute approximate surface area is 204 Å². The molecule has 176 valence electrons. The number of fused-ring (bicyclic) bond motifs is 1. The highest BCUT2D eigenvalue weighted by Crippen LogP contribution is 2.36. The third-order valence-electron chi connectivity index (χ3n) is 5.46. The molecule has 5 rings (SSSR count). The number of nitrogens with zero attached hydrogens (tertiary/aromatic N) is 2. The van der Waals surface area contributed by atoms with E-state index < -0.39 is 21.7 Å². The van der Waals surface area contributed by atoms with E-state index in [1.54, 1.807) is 25.1 Å². The third kappa shape index (κ3) is 4.48. The van der Waals surface area contributed by atoms with Gasteiger partial charge in [0.25, 0.3) is 10.0 Å². The van der Waals surface area contributed by atoms with E-state index in [0.717, 1.165) is 0 Å². The Hall–Kier alpha value is -3.82. The Kier molecular flexibility index (Phi) is 5.74. The van der Waals surface area contributed by atoms with Gasteiger partial charge in [-0.15, -0.1) is 0 Å². The summed E-state index contributed by atoms with van der Waals surface area (Å²) in [6.07, 6.45) is 1.25. The molecule has 10 heteroatoms. The van der Waals surface area contributed by atoms with E-state index in [2.05, 4.69) is 19.4 Å². The van der Waals surface area contributed by atoms with Crippen molar-refractivity contribution < 1.29 is 21.7 Å². The average molecular weight is 512 g/mol. The van der Waals surface area contributed by atoms with Gasteiger partial charge in [-0.25, -0.2) is 22.2 Å². The largest absolute Gasteiger partial charge is 0.363 e. The van der Waals surface area contributed by atoms with Crippen LogP contribution >= 0.6 is 11.6 Å². The molecular formula is C25H16ClF2N3O3S. The number of aromatic nitrogens is 2. The molecule has 0 saturated carbocycles. The minimum absolute atomic E-state index is 0.0226. The maximum atomic E-state index is 15.2. The molecule has 2 aromatic heterocycles. The van der Waals surface area contributed by atoms with Crippen molar-refractivity contribution in [2.45, 2.75) is 11.8 Å². The fraction of sp³-hybridized carbons (Fsp3) is 0.0400. The summed E-state index contributed by atoms with van der Waals surface area (Å²) in [5, 5.41) is 4.74. The lowest BCUT2D eigenvalue weighted by Crippen LogP contribution is -2.13. The van der Waals surface area contributed by atoms with Gasteiger partial charge in [0.1, 0.15) is 23.1 Å². The molecule has 1 N–H and O–H groups in total. The van der Waals surface area contributed by atoms with E-state index in [1.165, 1.54) is 54.8 Å². The van der Waals surface area contributed by atoms with Gasteiger partial charge in [0, 0.05) is 22.6 Å². The van der Waals surface area contributed by atoms with Crippen LogP contribution < -0.4 is 4.72 Å². The van der Waals surface area contributed by atoms with Crippen molar-refractivity contribution in [3.05, 3.63) is 95.3 Å². The molecule has 35 heavy (non-hydrogen) atoms. The zero-order valence-electron chi connectivity index (χ0n) is 18.1. The number of hydrogen-bond donors (Lipinski definition) is 1. The van der Waals surface area contributed by atoms with Crippen molar-refractivity contribution in [3.63, 3.8) is 0 Å². The molecule has 0 aliphatic heterocycles. The Bertz CT molecular complexity index is 1690. The molecule has 0 unspecified atom stereocenters. The second-order valence-corrected chi connectivity index (χ2v) is 9.89. The zero-order chi connectivity index (χ0) is 24.7. The monoisotopic (exact) mass is 511 g/mol. The summed E-state index contributed by atoms with van der Waals surface area (Å²) in [6, 6.07) is 16.0. The number of sulfonamides is 1. The number of halogens is 3. The van der Waals surface area contributed by atoms with Crippen molar-refractivity contribution in [2.24, 2.45) is 0 Å². The molecule has 0 aliphatic rings. The minimum Gasteiger partial charge on any atom is -0.363 e. The minimum atomic E-state index is -3.95. The summed E-state index contributed by atoms with van der Waals surface area (Å²) < 4.78 is 61.3. The third-order valence-corrected chi connectivity index (χ3v) is 7.01. The first-order valence-corrected chi connectivity index (χ1v) is 12.2. The molecule has 0 radical (unpaired) electrons. The number of anilines is 1. The van der Waals surface area contributed by atoms with Crippen molar-refractivity contribution in [1.29, 1.82) is 0 Å². The van der Waals surface area contributed by atoms with Crippen LogP contribution in [0.25, 0.3) is 33.2 Å². The molecule has 0 atom stereocenters. The molecular weight excluding hydrogens is 496 g/mol. The van der Waals surface area contributed by atoms with Gasteiger partial charge in [0.05, 0.1) is 10.6 Å². The molecule has 2 heterocycles. The van der Waals surface area contributed by atoms with Crippen LogP contribution in [-0.2, 0) is 10.0 Å². The van der Waals surface area contributed by atoms with Crippen LogP contribution in [0.15, 0.2) is 82.4 Å². The van der Waals surface area contributed by atoms with E-state index >= 15 is 4.39 Å². The first kappa shape index (κ1) is 22.9. The van der Waals surface area contributed by atoms with Crippen LogP contribution in [0.2, 0.25) is 5.15 Å². The van der Waals surface area contributed by atoms with Gasteiger partial charge >= 0.3 is 0 Å². The molecule has 0 spiro atoms. The smallest absolute Gasteiger partial charge is 0.263 e. The predicted molar refractivity (Wildman–Crippen MR) is 130 cm³/mol. The number of aryl methyl sites for hydroxylation is 1. The average Bonchev–Trinajstić information content (AvgIpc) is 3.31. The lowest BCUT2D eigenvalue weighted by molar-refractivity contribution is 0.423. The van der Waals surface area contributed by atoms with Crippen LogP contribution in [0.3, 0.4) is 0 Å². The van der Waals surface area contributed by atoms with Crippen molar-refractivity contribution >= 4 is 38.2 Å². The lowest BCUT2D eigenvalue weighted by Gasteiger charge is -2.14. The fourth-order valence-corrected chi connectivity index (χ4v) is 5.08. The van der Waals surface area contributed by atoms with Gasteiger partial charge in [-0.2, -0.15) is 0 Å². The van der Waals surface area contributed by atoms with Crippen LogP contribution in [0, 0.1) is 18.6 Å². The van der Waals surface area contributed by atoms with Crippen molar-refractivity contribution in [1.82, 2.24) is 10.1 Å². The Morgan fingerprint density at radius 3 is 2.54 bits per heavy atom. The van der Waals surface area contributed by atoms with Crippen LogP contribution in [0.5, 0.6) is 0 Å². The molecule has 6 nitrogen and oxygen atoms in total. The van der Waals surface area contributed by atoms with Gasteiger partial charge in [0.2, 0.25) is 0 Å². The maximum absolute atomic E-state index is 15.2.